The Morgan fingerprint density at radius 3 is 1.95 bits per heavy atom. The average molecular weight is 533 g/mol. The van der Waals surface area contributed by atoms with Gasteiger partial charge in [-0.2, -0.15) is 13.2 Å². The van der Waals surface area contributed by atoms with Gasteiger partial charge in [-0.1, -0.05) is 78.9 Å². The average Bonchev–Trinajstić information content (AvgIpc) is 2.91. The molecule has 0 nitrogen and oxygen atoms in total. The van der Waals surface area contributed by atoms with E-state index in [0.717, 1.165) is 35.9 Å². The first kappa shape index (κ1) is 26.3. The molecular formula is C33H22F6. The van der Waals surface area contributed by atoms with Gasteiger partial charge in [0.25, 0.3) is 0 Å². The fourth-order valence-electron chi connectivity index (χ4n) is 4.77. The molecule has 0 heterocycles. The van der Waals surface area contributed by atoms with E-state index in [1.807, 2.05) is 18.2 Å². The molecule has 0 spiro atoms. The molecule has 0 atom stereocenters. The minimum atomic E-state index is -4.66. The van der Waals surface area contributed by atoms with E-state index in [4.69, 9.17) is 0 Å². The molecule has 0 amide bonds. The minimum Gasteiger partial charge on any atom is -0.206 e. The Morgan fingerprint density at radius 1 is 0.641 bits per heavy atom. The van der Waals surface area contributed by atoms with Gasteiger partial charge in [0.1, 0.15) is 17.5 Å². The highest BCUT2D eigenvalue weighted by Gasteiger charge is 2.33. The zero-order valence-corrected chi connectivity index (χ0v) is 20.6. The summed E-state index contributed by atoms with van der Waals surface area (Å²) in [6.07, 6.45) is -1.23. The van der Waals surface area contributed by atoms with Crippen LogP contribution in [-0.4, -0.2) is 0 Å². The van der Waals surface area contributed by atoms with Crippen LogP contribution < -0.4 is 0 Å². The van der Waals surface area contributed by atoms with Crippen molar-refractivity contribution in [1.82, 2.24) is 0 Å². The summed E-state index contributed by atoms with van der Waals surface area (Å²) in [6.45, 7) is 3.72. The fourth-order valence-corrected chi connectivity index (χ4v) is 4.77. The first-order valence-electron chi connectivity index (χ1n) is 12.3. The molecule has 0 radical (unpaired) electrons. The van der Waals surface area contributed by atoms with Gasteiger partial charge in [-0.05, 0) is 58.7 Å². The molecule has 0 saturated carbocycles. The van der Waals surface area contributed by atoms with Gasteiger partial charge in [-0.25, -0.2) is 13.2 Å². The molecular weight excluding hydrogens is 510 g/mol. The molecule has 0 aliphatic carbocycles. The number of aryl methyl sites for hydroxylation is 1. The maximum Gasteiger partial charge on any atom is 0.417 e. The van der Waals surface area contributed by atoms with Gasteiger partial charge >= 0.3 is 6.18 Å². The lowest BCUT2D eigenvalue weighted by Crippen LogP contribution is -2.07. The number of fused-ring (bicyclic) bond motifs is 1. The van der Waals surface area contributed by atoms with Crippen LogP contribution in [0.15, 0.2) is 104 Å². The lowest BCUT2D eigenvalue weighted by atomic mass is 9.94. The zero-order chi connectivity index (χ0) is 27.7. The van der Waals surface area contributed by atoms with E-state index >= 15 is 13.2 Å². The predicted molar refractivity (Wildman–Crippen MR) is 144 cm³/mol. The standard InChI is InChI=1S/C33H22F6/c1-2-3-6-20-9-13-25-21(17-20)11-15-26(32(25)36)23-10-14-24(30(34)19-23)22-12-16-28(31(35)18-22)27-7-4-5-8-29(27)33(37,38)39/h2,4-5,7-19H,1,3,6H2. The van der Waals surface area contributed by atoms with Gasteiger partial charge < -0.3 is 0 Å². The van der Waals surface area contributed by atoms with Gasteiger partial charge in [-0.15, -0.1) is 6.58 Å². The Kier molecular flexibility index (Phi) is 7.04. The molecule has 5 aromatic rings. The van der Waals surface area contributed by atoms with Gasteiger partial charge in [0.15, 0.2) is 0 Å². The quantitative estimate of drug-likeness (QED) is 0.151. The summed E-state index contributed by atoms with van der Waals surface area (Å²) in [4.78, 5) is 0. The van der Waals surface area contributed by atoms with Crippen molar-refractivity contribution in [3.05, 3.63) is 132 Å². The van der Waals surface area contributed by atoms with E-state index in [9.17, 15) is 13.2 Å². The fraction of sp³-hybridized carbons (Fsp3) is 0.0909. The number of alkyl halides is 3. The van der Waals surface area contributed by atoms with Crippen LogP contribution in [0.25, 0.3) is 44.2 Å². The molecule has 196 valence electrons. The number of rotatable bonds is 6. The van der Waals surface area contributed by atoms with Crippen LogP contribution in [0.2, 0.25) is 0 Å². The highest BCUT2D eigenvalue weighted by molar-refractivity contribution is 5.89. The second-order valence-corrected chi connectivity index (χ2v) is 9.24. The molecule has 39 heavy (non-hydrogen) atoms. The number of hydrogen-bond donors (Lipinski definition) is 0. The highest BCUT2D eigenvalue weighted by Crippen LogP contribution is 2.39. The molecule has 0 aliphatic rings. The highest BCUT2D eigenvalue weighted by atomic mass is 19.4. The molecule has 0 N–H and O–H groups in total. The van der Waals surface area contributed by atoms with Crippen molar-refractivity contribution in [3.63, 3.8) is 0 Å². The first-order valence-corrected chi connectivity index (χ1v) is 12.3. The topological polar surface area (TPSA) is 0 Å². The van der Waals surface area contributed by atoms with Gasteiger partial charge in [0, 0.05) is 22.1 Å². The van der Waals surface area contributed by atoms with Crippen molar-refractivity contribution in [1.29, 1.82) is 0 Å². The van der Waals surface area contributed by atoms with Crippen LogP contribution in [0.3, 0.4) is 0 Å². The first-order chi connectivity index (χ1) is 18.7. The Labute approximate surface area is 221 Å². The second-order valence-electron chi connectivity index (χ2n) is 9.24. The lowest BCUT2D eigenvalue weighted by Gasteiger charge is -2.14. The van der Waals surface area contributed by atoms with Crippen molar-refractivity contribution >= 4 is 10.8 Å². The molecule has 0 saturated heterocycles. The molecule has 0 aromatic heterocycles. The molecule has 0 bridgehead atoms. The minimum absolute atomic E-state index is 0.0429. The smallest absolute Gasteiger partial charge is 0.206 e. The number of hydrogen-bond acceptors (Lipinski definition) is 0. The predicted octanol–water partition coefficient (Wildman–Crippen LogP) is 10.4. The number of allylic oxidation sites excluding steroid dienone is 1. The van der Waals surface area contributed by atoms with Crippen LogP contribution >= 0.6 is 0 Å². The zero-order valence-electron chi connectivity index (χ0n) is 20.6. The Bertz CT molecular complexity index is 1700. The van der Waals surface area contributed by atoms with E-state index in [1.54, 1.807) is 18.2 Å². The third kappa shape index (κ3) is 5.19. The maximum absolute atomic E-state index is 15.4. The lowest BCUT2D eigenvalue weighted by molar-refractivity contribution is -0.137. The summed E-state index contributed by atoms with van der Waals surface area (Å²) >= 11 is 0. The third-order valence-corrected chi connectivity index (χ3v) is 6.74. The number of halogens is 6. The van der Waals surface area contributed by atoms with Crippen molar-refractivity contribution < 1.29 is 26.3 Å². The monoisotopic (exact) mass is 532 g/mol. The van der Waals surface area contributed by atoms with Gasteiger partial charge in [-0.3, -0.25) is 0 Å². The molecule has 6 heteroatoms. The van der Waals surface area contributed by atoms with E-state index in [-0.39, 0.29) is 27.8 Å². The number of benzene rings is 5. The van der Waals surface area contributed by atoms with Gasteiger partial charge in [0.05, 0.1) is 5.56 Å². The third-order valence-electron chi connectivity index (χ3n) is 6.74. The largest absolute Gasteiger partial charge is 0.417 e. The van der Waals surface area contributed by atoms with Crippen LogP contribution in [0.4, 0.5) is 26.3 Å². The summed E-state index contributed by atoms with van der Waals surface area (Å²) in [5, 5.41) is 1.15. The van der Waals surface area contributed by atoms with Crippen molar-refractivity contribution in [3.8, 4) is 33.4 Å². The Hall–Kier alpha value is -4.32. The maximum atomic E-state index is 15.4. The summed E-state index contributed by atoms with van der Waals surface area (Å²) < 4.78 is 85.9. The Balaban J connectivity index is 1.48. The van der Waals surface area contributed by atoms with E-state index in [1.165, 1.54) is 48.5 Å². The van der Waals surface area contributed by atoms with Crippen LogP contribution in [0, 0.1) is 17.5 Å². The summed E-state index contributed by atoms with van der Waals surface area (Å²) in [6, 6.07) is 21.2. The van der Waals surface area contributed by atoms with Gasteiger partial charge in [0.2, 0.25) is 0 Å². The SMILES string of the molecule is C=CCCc1ccc2c(F)c(-c3ccc(-c4ccc(-c5ccccc5C(F)(F)F)c(F)c4)c(F)c3)ccc2c1. The van der Waals surface area contributed by atoms with E-state index in [0.29, 0.717) is 10.9 Å². The van der Waals surface area contributed by atoms with Crippen LogP contribution in [0.5, 0.6) is 0 Å². The van der Waals surface area contributed by atoms with Crippen LogP contribution in [0.1, 0.15) is 17.5 Å². The molecule has 5 rings (SSSR count). The summed E-state index contributed by atoms with van der Waals surface area (Å²) in [7, 11) is 0. The van der Waals surface area contributed by atoms with Crippen LogP contribution in [-0.2, 0) is 12.6 Å². The van der Waals surface area contributed by atoms with Crippen molar-refractivity contribution in [2.45, 2.75) is 19.0 Å². The molecule has 0 fully saturated rings. The molecule has 5 aromatic carbocycles. The second kappa shape index (κ2) is 10.4. The van der Waals surface area contributed by atoms with Crippen molar-refractivity contribution in [2.75, 3.05) is 0 Å². The molecule has 0 unspecified atom stereocenters. The summed E-state index contributed by atoms with van der Waals surface area (Å²) in [5.74, 6) is -2.11. The Morgan fingerprint density at radius 2 is 1.28 bits per heavy atom. The van der Waals surface area contributed by atoms with Crippen molar-refractivity contribution in [2.24, 2.45) is 0 Å². The van der Waals surface area contributed by atoms with E-state index < -0.39 is 29.2 Å². The summed E-state index contributed by atoms with van der Waals surface area (Å²) in [5.41, 5.74) is 0.276. The van der Waals surface area contributed by atoms with E-state index in [2.05, 4.69) is 6.58 Å². The molecule has 0 aliphatic heterocycles. The normalized spacial score (nSPS) is 11.6.